The highest BCUT2D eigenvalue weighted by atomic mass is 32.1. The number of nitrogens with zero attached hydrogens (tertiary/aromatic N) is 1. The van der Waals surface area contributed by atoms with Crippen LogP contribution in [0.25, 0.3) is 0 Å². The van der Waals surface area contributed by atoms with E-state index in [0.29, 0.717) is 5.92 Å². The smallest absolute Gasteiger partial charge is 0.306 e. The van der Waals surface area contributed by atoms with Crippen molar-refractivity contribution in [3.63, 3.8) is 0 Å². The summed E-state index contributed by atoms with van der Waals surface area (Å²) in [5.74, 6) is -0.429. The van der Waals surface area contributed by atoms with Gasteiger partial charge in [-0.05, 0) is 25.2 Å². The molecule has 0 bridgehead atoms. The van der Waals surface area contributed by atoms with Crippen LogP contribution in [0.15, 0.2) is 11.7 Å². The summed E-state index contributed by atoms with van der Waals surface area (Å²) in [6, 6.07) is 0. The molecular formula is C10H13NO2S. The van der Waals surface area contributed by atoms with Crippen molar-refractivity contribution in [2.24, 2.45) is 11.8 Å². The van der Waals surface area contributed by atoms with E-state index in [0.717, 1.165) is 25.7 Å². The van der Waals surface area contributed by atoms with Crippen molar-refractivity contribution in [2.75, 3.05) is 0 Å². The number of hydrogen-bond donors (Lipinski definition) is 1. The Morgan fingerprint density at radius 2 is 2.50 bits per heavy atom. The normalized spacial score (nSPS) is 26.6. The van der Waals surface area contributed by atoms with Crippen LogP contribution in [0.4, 0.5) is 0 Å². The molecule has 1 aliphatic rings. The Bertz CT molecular complexity index is 310. The van der Waals surface area contributed by atoms with E-state index in [2.05, 4.69) is 4.98 Å². The van der Waals surface area contributed by atoms with Crippen molar-refractivity contribution in [2.45, 2.75) is 25.7 Å². The molecule has 2 rings (SSSR count). The molecular weight excluding hydrogens is 198 g/mol. The van der Waals surface area contributed by atoms with Gasteiger partial charge in [0.15, 0.2) is 0 Å². The molecule has 0 aliphatic heterocycles. The molecule has 76 valence electrons. The summed E-state index contributed by atoms with van der Waals surface area (Å²) >= 11 is 1.62. The molecule has 0 spiro atoms. The minimum atomic E-state index is -0.628. The van der Waals surface area contributed by atoms with Gasteiger partial charge in [-0.3, -0.25) is 9.78 Å². The van der Waals surface area contributed by atoms with Crippen molar-refractivity contribution in [1.82, 2.24) is 4.98 Å². The topological polar surface area (TPSA) is 50.2 Å². The maximum absolute atomic E-state index is 10.9. The first kappa shape index (κ1) is 9.65. The first-order valence-corrected chi connectivity index (χ1v) is 5.75. The lowest BCUT2D eigenvalue weighted by Gasteiger charge is -2.13. The third kappa shape index (κ3) is 1.95. The third-order valence-electron chi connectivity index (χ3n) is 2.92. The molecule has 4 heteroatoms. The minimum absolute atomic E-state index is 0.128. The van der Waals surface area contributed by atoms with E-state index in [1.807, 2.05) is 6.20 Å². The van der Waals surface area contributed by atoms with Gasteiger partial charge < -0.3 is 5.11 Å². The number of rotatable bonds is 3. The van der Waals surface area contributed by atoms with Crippen molar-refractivity contribution in [1.29, 1.82) is 0 Å². The molecule has 1 aromatic rings. The zero-order chi connectivity index (χ0) is 9.97. The molecule has 0 radical (unpaired) electrons. The van der Waals surface area contributed by atoms with Crippen molar-refractivity contribution >= 4 is 17.3 Å². The zero-order valence-electron chi connectivity index (χ0n) is 7.85. The molecule has 1 heterocycles. The van der Waals surface area contributed by atoms with Crippen LogP contribution >= 0.6 is 11.3 Å². The molecule has 0 aromatic carbocycles. The average Bonchev–Trinajstić information content (AvgIpc) is 2.75. The highest BCUT2D eigenvalue weighted by Crippen LogP contribution is 2.34. The number of thiazole rings is 1. The molecule has 1 N–H and O–H groups in total. The van der Waals surface area contributed by atoms with Gasteiger partial charge in [0, 0.05) is 11.1 Å². The third-order valence-corrected chi connectivity index (χ3v) is 3.73. The Kier molecular flexibility index (Phi) is 2.82. The van der Waals surface area contributed by atoms with E-state index >= 15 is 0 Å². The lowest BCUT2D eigenvalue weighted by Crippen LogP contribution is -2.19. The molecule has 0 saturated heterocycles. The van der Waals surface area contributed by atoms with Crippen LogP contribution in [0.2, 0.25) is 0 Å². The van der Waals surface area contributed by atoms with Crippen molar-refractivity contribution in [3.05, 3.63) is 16.6 Å². The first-order valence-electron chi connectivity index (χ1n) is 4.87. The van der Waals surface area contributed by atoms with Crippen LogP contribution in [0, 0.1) is 11.8 Å². The van der Waals surface area contributed by atoms with Gasteiger partial charge in [-0.2, -0.15) is 0 Å². The van der Waals surface area contributed by atoms with Gasteiger partial charge >= 0.3 is 5.97 Å². The Balaban J connectivity index is 2.00. The quantitative estimate of drug-likeness (QED) is 0.833. The van der Waals surface area contributed by atoms with Crippen LogP contribution in [0.5, 0.6) is 0 Å². The van der Waals surface area contributed by atoms with Crippen LogP contribution in [0.1, 0.15) is 24.1 Å². The van der Waals surface area contributed by atoms with Gasteiger partial charge in [-0.25, -0.2) is 0 Å². The highest BCUT2D eigenvalue weighted by Gasteiger charge is 2.32. The van der Waals surface area contributed by atoms with E-state index in [9.17, 15) is 4.79 Å². The Morgan fingerprint density at radius 1 is 1.64 bits per heavy atom. The molecule has 1 fully saturated rings. The van der Waals surface area contributed by atoms with E-state index in [-0.39, 0.29) is 5.92 Å². The zero-order valence-corrected chi connectivity index (χ0v) is 8.67. The predicted molar refractivity (Wildman–Crippen MR) is 54.3 cm³/mol. The standard InChI is InChI=1S/C10H13NO2S/c12-10(13)9-3-1-2-7(9)4-8-5-11-6-14-8/h5-7,9H,1-4H2,(H,12,13). The van der Waals surface area contributed by atoms with Crippen LogP contribution < -0.4 is 0 Å². The van der Waals surface area contributed by atoms with E-state index in [1.165, 1.54) is 4.88 Å². The predicted octanol–water partition coefficient (Wildman–Crippen LogP) is 2.19. The highest BCUT2D eigenvalue weighted by molar-refractivity contribution is 7.09. The van der Waals surface area contributed by atoms with Gasteiger partial charge in [-0.15, -0.1) is 11.3 Å². The monoisotopic (exact) mass is 211 g/mol. The number of aromatic nitrogens is 1. The van der Waals surface area contributed by atoms with E-state index in [4.69, 9.17) is 5.11 Å². The number of carboxylic acids is 1. The SMILES string of the molecule is O=C(O)C1CCCC1Cc1cncs1. The first-order chi connectivity index (χ1) is 6.77. The Labute approximate surface area is 86.8 Å². The largest absolute Gasteiger partial charge is 0.481 e. The molecule has 2 unspecified atom stereocenters. The molecule has 1 aliphatic carbocycles. The number of aliphatic carboxylic acids is 1. The minimum Gasteiger partial charge on any atom is -0.481 e. The number of carboxylic acid groups (broad SMARTS) is 1. The lowest BCUT2D eigenvalue weighted by atomic mass is 9.93. The molecule has 3 nitrogen and oxygen atoms in total. The fraction of sp³-hybridized carbons (Fsp3) is 0.600. The summed E-state index contributed by atoms with van der Waals surface area (Å²) < 4.78 is 0. The molecule has 1 saturated carbocycles. The van der Waals surface area contributed by atoms with Crippen LogP contribution in [-0.4, -0.2) is 16.1 Å². The lowest BCUT2D eigenvalue weighted by molar-refractivity contribution is -0.142. The van der Waals surface area contributed by atoms with Gasteiger partial charge in [0.05, 0.1) is 11.4 Å². The van der Waals surface area contributed by atoms with Crippen LogP contribution in [-0.2, 0) is 11.2 Å². The Morgan fingerprint density at radius 3 is 3.14 bits per heavy atom. The summed E-state index contributed by atoms with van der Waals surface area (Å²) in [5.41, 5.74) is 1.81. The number of carbonyl (C=O) groups is 1. The second-order valence-corrected chi connectivity index (χ2v) is 4.78. The maximum Gasteiger partial charge on any atom is 0.306 e. The summed E-state index contributed by atoms with van der Waals surface area (Å²) in [6.07, 6.45) is 5.69. The summed E-state index contributed by atoms with van der Waals surface area (Å²) in [7, 11) is 0. The van der Waals surface area contributed by atoms with Gasteiger partial charge in [-0.1, -0.05) is 6.42 Å². The summed E-state index contributed by atoms with van der Waals surface area (Å²) in [5, 5.41) is 9.00. The summed E-state index contributed by atoms with van der Waals surface area (Å²) in [4.78, 5) is 16.1. The van der Waals surface area contributed by atoms with Gasteiger partial charge in [0.25, 0.3) is 0 Å². The van der Waals surface area contributed by atoms with Crippen molar-refractivity contribution < 1.29 is 9.90 Å². The maximum atomic E-state index is 10.9. The van der Waals surface area contributed by atoms with E-state index in [1.54, 1.807) is 16.8 Å². The molecule has 1 aromatic heterocycles. The fourth-order valence-electron chi connectivity index (χ4n) is 2.21. The number of hydrogen-bond acceptors (Lipinski definition) is 3. The fourth-order valence-corrected chi connectivity index (χ4v) is 2.90. The average molecular weight is 211 g/mol. The molecule has 2 atom stereocenters. The summed E-state index contributed by atoms with van der Waals surface area (Å²) in [6.45, 7) is 0. The second kappa shape index (κ2) is 4.09. The van der Waals surface area contributed by atoms with Gasteiger partial charge in [0.2, 0.25) is 0 Å². The molecule has 14 heavy (non-hydrogen) atoms. The van der Waals surface area contributed by atoms with E-state index < -0.39 is 5.97 Å². The van der Waals surface area contributed by atoms with Crippen molar-refractivity contribution in [3.8, 4) is 0 Å². The molecule has 0 amide bonds. The Hall–Kier alpha value is -0.900. The van der Waals surface area contributed by atoms with Crippen LogP contribution in [0.3, 0.4) is 0 Å². The van der Waals surface area contributed by atoms with Gasteiger partial charge in [0.1, 0.15) is 0 Å². The second-order valence-electron chi connectivity index (χ2n) is 3.81.